The molecule has 1 rings (SSSR count). The van der Waals surface area contributed by atoms with E-state index in [0.717, 1.165) is 16.6 Å². The molecule has 0 spiro atoms. The zero-order valence-corrected chi connectivity index (χ0v) is 10.3. The monoisotopic (exact) mass is 241 g/mol. The average molecular weight is 242 g/mol. The third-order valence-corrected chi connectivity index (χ3v) is 2.80. The molecule has 0 saturated carbocycles. The fourth-order valence-electron chi connectivity index (χ4n) is 1.16. The topological polar surface area (TPSA) is 12.9 Å². The Hall–Kier alpha value is -0.370. The van der Waals surface area contributed by atoms with Gasteiger partial charge in [-0.3, -0.25) is 4.98 Å². The van der Waals surface area contributed by atoms with E-state index in [1.54, 1.807) is 0 Å². The van der Waals surface area contributed by atoms with E-state index in [0.29, 0.717) is 0 Å². The van der Waals surface area contributed by atoms with Crippen LogP contribution in [0.3, 0.4) is 0 Å². The Bertz CT molecular complexity index is 299. The summed E-state index contributed by atoms with van der Waals surface area (Å²) in [7, 11) is 0. The van der Waals surface area contributed by atoms with E-state index in [4.69, 9.17) is 0 Å². The first kappa shape index (κ1) is 10.7. The van der Waals surface area contributed by atoms with Crippen LogP contribution in [0.5, 0.6) is 0 Å². The fraction of sp³-hybridized carbons (Fsp3) is 0.545. The van der Waals surface area contributed by atoms with Crippen LogP contribution in [0, 0.1) is 0 Å². The van der Waals surface area contributed by atoms with Gasteiger partial charge in [0.15, 0.2) is 0 Å². The Morgan fingerprint density at radius 1 is 1.38 bits per heavy atom. The minimum Gasteiger partial charge on any atom is -0.260 e. The summed E-state index contributed by atoms with van der Waals surface area (Å²) in [5.41, 5.74) is 2.64. The maximum Gasteiger partial charge on any atom is 0.0460 e. The van der Waals surface area contributed by atoms with E-state index in [-0.39, 0.29) is 5.41 Å². The Balaban J connectivity index is 3.14. The lowest BCUT2D eigenvalue weighted by Crippen LogP contribution is -2.13. The van der Waals surface area contributed by atoms with Crippen LogP contribution in [0.25, 0.3) is 0 Å². The minimum absolute atomic E-state index is 0.143. The Morgan fingerprint density at radius 3 is 2.46 bits per heavy atom. The van der Waals surface area contributed by atoms with E-state index in [9.17, 15) is 0 Å². The molecule has 0 saturated heterocycles. The van der Waals surface area contributed by atoms with Gasteiger partial charge in [-0.05, 0) is 34.0 Å². The lowest BCUT2D eigenvalue weighted by Gasteiger charge is -2.18. The van der Waals surface area contributed by atoms with Crippen molar-refractivity contribution in [3.8, 4) is 0 Å². The summed E-state index contributed by atoms with van der Waals surface area (Å²) in [5, 5.41) is 0. The van der Waals surface area contributed by atoms with Crippen LogP contribution in [0.2, 0.25) is 0 Å². The number of aromatic nitrogens is 1. The van der Waals surface area contributed by atoms with Gasteiger partial charge in [0.05, 0.1) is 0 Å². The van der Waals surface area contributed by atoms with Crippen molar-refractivity contribution in [1.29, 1.82) is 0 Å². The fourth-order valence-corrected chi connectivity index (χ4v) is 1.66. The zero-order valence-electron chi connectivity index (χ0n) is 8.69. The molecular weight excluding hydrogens is 226 g/mol. The molecule has 2 heteroatoms. The summed E-state index contributed by atoms with van der Waals surface area (Å²) < 4.78 is 1.11. The van der Waals surface area contributed by atoms with Crippen molar-refractivity contribution in [1.82, 2.24) is 4.98 Å². The smallest absolute Gasteiger partial charge is 0.0460 e. The van der Waals surface area contributed by atoms with E-state index < -0.39 is 0 Å². The molecule has 0 N–H and O–H groups in total. The van der Waals surface area contributed by atoms with Gasteiger partial charge in [-0.25, -0.2) is 0 Å². The molecule has 0 amide bonds. The average Bonchev–Trinajstić information content (AvgIpc) is 2.03. The van der Waals surface area contributed by atoms with Gasteiger partial charge in [-0.15, -0.1) is 0 Å². The quantitative estimate of drug-likeness (QED) is 0.731. The van der Waals surface area contributed by atoms with Crippen molar-refractivity contribution in [3.05, 3.63) is 28.0 Å². The van der Waals surface area contributed by atoms with Gasteiger partial charge in [0.2, 0.25) is 0 Å². The Labute approximate surface area is 88.7 Å². The van der Waals surface area contributed by atoms with E-state index in [1.807, 2.05) is 6.20 Å². The lowest BCUT2D eigenvalue weighted by molar-refractivity contribution is 0.567. The zero-order chi connectivity index (χ0) is 10.1. The van der Waals surface area contributed by atoms with Crippen LogP contribution >= 0.6 is 15.9 Å². The number of hydrogen-bond donors (Lipinski definition) is 0. The molecule has 0 aliphatic heterocycles. The first-order chi connectivity index (χ1) is 5.95. The largest absolute Gasteiger partial charge is 0.260 e. The SMILES string of the molecule is CCc1cc(C(C)(C)C)ncc1Br. The highest BCUT2D eigenvalue weighted by Crippen LogP contribution is 2.24. The number of nitrogens with zero attached hydrogens (tertiary/aromatic N) is 1. The minimum atomic E-state index is 0.143. The first-order valence-electron chi connectivity index (χ1n) is 4.60. The van der Waals surface area contributed by atoms with E-state index >= 15 is 0 Å². The van der Waals surface area contributed by atoms with Crippen LogP contribution in [-0.2, 0) is 11.8 Å². The maximum atomic E-state index is 4.41. The van der Waals surface area contributed by atoms with Gasteiger partial charge in [-0.1, -0.05) is 27.7 Å². The van der Waals surface area contributed by atoms with Gasteiger partial charge in [-0.2, -0.15) is 0 Å². The van der Waals surface area contributed by atoms with Crippen LogP contribution in [0.4, 0.5) is 0 Å². The highest BCUT2D eigenvalue weighted by Gasteiger charge is 2.16. The molecule has 1 aromatic rings. The molecule has 1 nitrogen and oxygen atoms in total. The number of halogens is 1. The molecule has 72 valence electrons. The molecule has 1 aromatic heterocycles. The van der Waals surface area contributed by atoms with Gasteiger partial charge >= 0.3 is 0 Å². The third-order valence-electron chi connectivity index (χ3n) is 2.08. The normalized spacial score (nSPS) is 11.8. The molecule has 0 unspecified atom stereocenters. The van der Waals surface area contributed by atoms with Crippen molar-refractivity contribution >= 4 is 15.9 Å². The summed E-state index contributed by atoms with van der Waals surface area (Å²) in [6.45, 7) is 8.71. The summed E-state index contributed by atoms with van der Waals surface area (Å²) >= 11 is 3.49. The molecule has 0 aromatic carbocycles. The highest BCUT2D eigenvalue weighted by atomic mass is 79.9. The van der Waals surface area contributed by atoms with Crippen LogP contribution < -0.4 is 0 Å². The summed E-state index contributed by atoms with van der Waals surface area (Å²) in [5.74, 6) is 0. The number of pyridine rings is 1. The van der Waals surface area contributed by atoms with Crippen LogP contribution in [0.1, 0.15) is 39.0 Å². The van der Waals surface area contributed by atoms with Gasteiger partial charge in [0.1, 0.15) is 0 Å². The second kappa shape index (κ2) is 3.79. The van der Waals surface area contributed by atoms with Crippen molar-refractivity contribution < 1.29 is 0 Å². The summed E-state index contributed by atoms with van der Waals surface area (Å²) in [6, 6.07) is 2.18. The van der Waals surface area contributed by atoms with Crippen LogP contribution in [0.15, 0.2) is 16.7 Å². The Morgan fingerprint density at radius 2 is 2.00 bits per heavy atom. The predicted molar refractivity (Wildman–Crippen MR) is 60.0 cm³/mol. The second-order valence-electron chi connectivity index (χ2n) is 4.26. The van der Waals surface area contributed by atoms with Crippen LogP contribution in [-0.4, -0.2) is 4.98 Å². The molecule has 0 atom stereocenters. The molecule has 0 bridgehead atoms. The third kappa shape index (κ3) is 2.53. The van der Waals surface area contributed by atoms with E-state index in [2.05, 4.69) is 54.7 Å². The standard InChI is InChI=1S/C11H16BrN/c1-5-8-6-10(11(2,3)4)13-7-9(8)12/h6-7H,5H2,1-4H3. The number of aryl methyl sites for hydroxylation is 1. The van der Waals surface area contributed by atoms with Crippen molar-refractivity contribution in [2.24, 2.45) is 0 Å². The Kier molecular flexibility index (Phi) is 3.12. The maximum absolute atomic E-state index is 4.41. The molecular formula is C11H16BrN. The first-order valence-corrected chi connectivity index (χ1v) is 5.39. The lowest BCUT2D eigenvalue weighted by atomic mass is 9.90. The second-order valence-corrected chi connectivity index (χ2v) is 5.12. The van der Waals surface area contributed by atoms with Gasteiger partial charge in [0.25, 0.3) is 0 Å². The van der Waals surface area contributed by atoms with Gasteiger partial charge < -0.3 is 0 Å². The number of rotatable bonds is 1. The molecule has 0 radical (unpaired) electrons. The van der Waals surface area contributed by atoms with Crippen molar-refractivity contribution in [2.75, 3.05) is 0 Å². The number of hydrogen-bond acceptors (Lipinski definition) is 1. The predicted octanol–water partition coefficient (Wildman–Crippen LogP) is 3.70. The van der Waals surface area contributed by atoms with E-state index in [1.165, 1.54) is 5.56 Å². The summed E-state index contributed by atoms with van der Waals surface area (Å²) in [4.78, 5) is 4.41. The molecule has 0 aliphatic rings. The molecule has 1 heterocycles. The van der Waals surface area contributed by atoms with Gasteiger partial charge in [0, 0.05) is 21.8 Å². The summed E-state index contributed by atoms with van der Waals surface area (Å²) in [6.07, 6.45) is 2.95. The molecule has 0 fully saturated rings. The molecule has 13 heavy (non-hydrogen) atoms. The van der Waals surface area contributed by atoms with Crippen molar-refractivity contribution in [2.45, 2.75) is 39.5 Å². The highest BCUT2D eigenvalue weighted by molar-refractivity contribution is 9.10. The van der Waals surface area contributed by atoms with Crippen molar-refractivity contribution in [3.63, 3.8) is 0 Å². The molecule has 0 aliphatic carbocycles.